The van der Waals surface area contributed by atoms with Gasteiger partial charge in [-0.05, 0) is 30.2 Å². The monoisotopic (exact) mass is 391 g/mol. The van der Waals surface area contributed by atoms with E-state index in [0.717, 1.165) is 22.5 Å². The molecule has 0 fully saturated rings. The van der Waals surface area contributed by atoms with E-state index in [1.165, 1.54) is 6.92 Å². The Morgan fingerprint density at radius 3 is 2.54 bits per heavy atom. The van der Waals surface area contributed by atoms with Crippen LogP contribution >= 0.6 is 11.3 Å². The van der Waals surface area contributed by atoms with E-state index in [-0.39, 0.29) is 4.34 Å². The molecule has 0 saturated carbocycles. The molecule has 1 heterocycles. The standard InChI is InChI=1S/C17H17N3O4S2/c1-10(21)15(18)16(22)20-26(23,24)17-19-13-9-12(7-8-14(13)25-17)11-5-3-2-4-6-11/h2-10,15,21H,18H2,1H3,(H,20,22)/t10-,15+/m1/s1. The van der Waals surface area contributed by atoms with Crippen molar-refractivity contribution < 1.29 is 18.3 Å². The fourth-order valence-electron chi connectivity index (χ4n) is 2.29. The minimum atomic E-state index is -4.16. The predicted octanol–water partition coefficient (Wildman–Crippen LogP) is 1.48. The molecule has 2 aromatic carbocycles. The summed E-state index contributed by atoms with van der Waals surface area (Å²) in [7, 11) is -4.16. The number of nitrogens with zero attached hydrogens (tertiary/aromatic N) is 1. The highest BCUT2D eigenvalue weighted by Gasteiger charge is 2.27. The summed E-state index contributed by atoms with van der Waals surface area (Å²) in [5.74, 6) is -0.982. The second kappa shape index (κ2) is 7.12. The summed E-state index contributed by atoms with van der Waals surface area (Å²) in [6.07, 6.45) is -1.17. The minimum Gasteiger partial charge on any atom is -0.391 e. The molecule has 2 atom stereocenters. The fourth-order valence-corrected chi connectivity index (χ4v) is 4.51. The molecule has 0 aliphatic heterocycles. The average Bonchev–Trinajstić information content (AvgIpc) is 3.05. The molecule has 9 heteroatoms. The molecule has 1 amide bonds. The number of benzene rings is 2. The maximum atomic E-state index is 12.4. The lowest BCUT2D eigenvalue weighted by Gasteiger charge is -2.13. The van der Waals surface area contributed by atoms with Crippen LogP contribution in [0.25, 0.3) is 21.3 Å². The highest BCUT2D eigenvalue weighted by atomic mass is 32.2. The summed E-state index contributed by atoms with van der Waals surface area (Å²) in [5.41, 5.74) is 7.88. The van der Waals surface area contributed by atoms with Crippen LogP contribution in [0, 0.1) is 0 Å². The van der Waals surface area contributed by atoms with E-state index < -0.39 is 28.1 Å². The van der Waals surface area contributed by atoms with Crippen molar-refractivity contribution in [2.24, 2.45) is 5.73 Å². The van der Waals surface area contributed by atoms with Crippen LogP contribution < -0.4 is 10.5 Å². The number of nitrogens with one attached hydrogen (secondary N) is 1. The Labute approximate surface area is 154 Å². The lowest BCUT2D eigenvalue weighted by Crippen LogP contribution is -2.48. The van der Waals surface area contributed by atoms with E-state index >= 15 is 0 Å². The molecule has 0 aliphatic rings. The van der Waals surface area contributed by atoms with E-state index in [4.69, 9.17) is 5.73 Å². The van der Waals surface area contributed by atoms with Gasteiger partial charge in [-0.15, -0.1) is 11.3 Å². The summed E-state index contributed by atoms with van der Waals surface area (Å²) in [5, 5.41) is 9.32. The molecule has 136 valence electrons. The van der Waals surface area contributed by atoms with Crippen molar-refractivity contribution in [1.29, 1.82) is 0 Å². The van der Waals surface area contributed by atoms with Crippen molar-refractivity contribution in [1.82, 2.24) is 9.71 Å². The Hall–Kier alpha value is -2.33. The van der Waals surface area contributed by atoms with Crippen LogP contribution in [0.15, 0.2) is 52.9 Å². The van der Waals surface area contributed by atoms with Gasteiger partial charge < -0.3 is 10.8 Å². The van der Waals surface area contributed by atoms with Gasteiger partial charge in [0, 0.05) is 0 Å². The molecular formula is C17H17N3O4S2. The summed E-state index contributed by atoms with van der Waals surface area (Å²) in [4.78, 5) is 16.0. The van der Waals surface area contributed by atoms with Gasteiger partial charge in [0.15, 0.2) is 0 Å². The van der Waals surface area contributed by atoms with Crippen LogP contribution in [0.4, 0.5) is 0 Å². The first-order valence-corrected chi connectivity index (χ1v) is 10.0. The lowest BCUT2D eigenvalue weighted by molar-refractivity contribution is -0.122. The van der Waals surface area contributed by atoms with Crippen LogP contribution in [0.1, 0.15) is 6.92 Å². The van der Waals surface area contributed by atoms with Gasteiger partial charge in [-0.25, -0.2) is 9.71 Å². The quantitative estimate of drug-likeness (QED) is 0.605. The number of carbonyl (C=O) groups excluding carboxylic acids is 1. The molecule has 0 unspecified atom stereocenters. The molecule has 0 spiro atoms. The molecule has 1 aromatic heterocycles. The third-order valence-electron chi connectivity index (χ3n) is 3.76. The predicted molar refractivity (Wildman–Crippen MR) is 100 cm³/mol. The second-order valence-corrected chi connectivity index (χ2v) is 8.65. The van der Waals surface area contributed by atoms with Crippen molar-refractivity contribution in [3.05, 3.63) is 48.5 Å². The number of aliphatic hydroxyl groups is 1. The van der Waals surface area contributed by atoms with Crippen molar-refractivity contribution >= 4 is 37.5 Å². The van der Waals surface area contributed by atoms with E-state index in [0.29, 0.717) is 10.2 Å². The van der Waals surface area contributed by atoms with Crippen LogP contribution in [0.3, 0.4) is 0 Å². The number of hydrogen-bond donors (Lipinski definition) is 3. The third-order valence-corrected chi connectivity index (χ3v) is 6.52. The number of sulfonamides is 1. The summed E-state index contributed by atoms with van der Waals surface area (Å²) < 4.78 is 27.0. The molecule has 3 aromatic rings. The van der Waals surface area contributed by atoms with E-state index in [9.17, 15) is 18.3 Å². The Kier molecular flexibility index (Phi) is 5.05. The van der Waals surface area contributed by atoms with E-state index in [2.05, 4.69) is 4.98 Å². The van der Waals surface area contributed by atoms with Crippen molar-refractivity contribution in [3.63, 3.8) is 0 Å². The summed E-state index contributed by atoms with van der Waals surface area (Å²) in [6, 6.07) is 13.8. The van der Waals surface area contributed by atoms with E-state index in [1.807, 2.05) is 41.1 Å². The number of carbonyl (C=O) groups is 1. The molecule has 0 saturated heterocycles. The number of hydrogen-bond acceptors (Lipinski definition) is 7. The molecular weight excluding hydrogens is 374 g/mol. The second-order valence-electron chi connectivity index (χ2n) is 5.76. The van der Waals surface area contributed by atoms with Crippen LogP contribution in [-0.2, 0) is 14.8 Å². The van der Waals surface area contributed by atoms with Crippen molar-refractivity contribution in [3.8, 4) is 11.1 Å². The highest BCUT2D eigenvalue weighted by Crippen LogP contribution is 2.29. The maximum absolute atomic E-state index is 12.4. The SMILES string of the molecule is C[C@@H](O)[C@H](N)C(=O)NS(=O)(=O)c1nc2cc(-c3ccccc3)ccc2s1. The van der Waals surface area contributed by atoms with Gasteiger partial charge >= 0.3 is 0 Å². The maximum Gasteiger partial charge on any atom is 0.291 e. The lowest BCUT2D eigenvalue weighted by atomic mass is 10.1. The van der Waals surface area contributed by atoms with Gasteiger partial charge in [0.25, 0.3) is 15.9 Å². The number of nitrogens with two attached hydrogens (primary N) is 1. The Morgan fingerprint density at radius 1 is 1.19 bits per heavy atom. The Bertz CT molecular complexity index is 1050. The van der Waals surface area contributed by atoms with Crippen LogP contribution in [0.2, 0.25) is 0 Å². The van der Waals surface area contributed by atoms with Gasteiger partial charge in [0.2, 0.25) is 4.34 Å². The average molecular weight is 391 g/mol. The summed E-state index contributed by atoms with van der Waals surface area (Å²) >= 11 is 0.953. The molecule has 3 rings (SSSR count). The molecule has 0 bridgehead atoms. The zero-order valence-electron chi connectivity index (χ0n) is 13.8. The molecule has 26 heavy (non-hydrogen) atoms. The van der Waals surface area contributed by atoms with Crippen LogP contribution in [0.5, 0.6) is 0 Å². The number of aliphatic hydroxyl groups excluding tert-OH is 1. The third kappa shape index (κ3) is 3.75. The fraction of sp³-hybridized carbons (Fsp3) is 0.176. The van der Waals surface area contributed by atoms with Crippen molar-refractivity contribution in [2.45, 2.75) is 23.4 Å². The van der Waals surface area contributed by atoms with Gasteiger partial charge in [0.1, 0.15) is 6.04 Å². The normalized spacial score (nSPS) is 14.1. The van der Waals surface area contributed by atoms with Crippen LogP contribution in [-0.4, -0.2) is 36.6 Å². The zero-order chi connectivity index (χ0) is 18.9. The number of amides is 1. The first-order chi connectivity index (χ1) is 12.3. The molecule has 0 aliphatic carbocycles. The topological polar surface area (TPSA) is 122 Å². The zero-order valence-corrected chi connectivity index (χ0v) is 15.4. The smallest absolute Gasteiger partial charge is 0.291 e. The first kappa shape index (κ1) is 18.5. The number of fused-ring (bicyclic) bond motifs is 1. The van der Waals surface area contributed by atoms with Gasteiger partial charge in [-0.3, -0.25) is 4.79 Å². The van der Waals surface area contributed by atoms with Crippen molar-refractivity contribution in [2.75, 3.05) is 0 Å². The van der Waals surface area contributed by atoms with Gasteiger partial charge in [0.05, 0.1) is 16.3 Å². The Morgan fingerprint density at radius 2 is 1.88 bits per heavy atom. The molecule has 4 N–H and O–H groups in total. The highest BCUT2D eigenvalue weighted by molar-refractivity contribution is 7.92. The molecule has 0 radical (unpaired) electrons. The van der Waals surface area contributed by atoms with Gasteiger partial charge in [-0.2, -0.15) is 8.42 Å². The number of rotatable bonds is 5. The Balaban J connectivity index is 1.92. The summed E-state index contributed by atoms with van der Waals surface area (Å²) in [6.45, 7) is 1.31. The largest absolute Gasteiger partial charge is 0.391 e. The molecule has 7 nitrogen and oxygen atoms in total. The minimum absolute atomic E-state index is 0.233. The number of thiazole rings is 1. The van der Waals surface area contributed by atoms with E-state index in [1.54, 1.807) is 12.1 Å². The number of aromatic nitrogens is 1. The van der Waals surface area contributed by atoms with Gasteiger partial charge in [-0.1, -0.05) is 36.4 Å². The first-order valence-electron chi connectivity index (χ1n) is 7.74.